The fourth-order valence-corrected chi connectivity index (χ4v) is 1.87. The van der Waals surface area contributed by atoms with Gasteiger partial charge >= 0.3 is 0 Å². The molecule has 5 heteroatoms. The van der Waals surface area contributed by atoms with E-state index in [4.69, 9.17) is 10.8 Å². The molecule has 0 bridgehead atoms. The first-order chi connectivity index (χ1) is 7.60. The molecule has 0 aromatic carbocycles. The summed E-state index contributed by atoms with van der Waals surface area (Å²) in [6, 6.07) is 0. The lowest BCUT2D eigenvalue weighted by Crippen LogP contribution is -2.27. The number of rotatable bonds is 6. The van der Waals surface area contributed by atoms with Crippen LogP contribution >= 0.6 is 0 Å². The minimum Gasteiger partial charge on any atom is -0.395 e. The predicted octanol–water partition coefficient (Wildman–Crippen LogP) is 0.515. The molecule has 1 heterocycles. The van der Waals surface area contributed by atoms with Crippen LogP contribution in [0.3, 0.4) is 0 Å². The highest BCUT2D eigenvalue weighted by atomic mass is 16.3. The lowest BCUT2D eigenvalue weighted by molar-refractivity contribution is 0.190. The third kappa shape index (κ3) is 2.96. The Hall–Kier alpha value is -1.07. The molecule has 0 atom stereocenters. The Balaban J connectivity index is 2.76. The number of hydrogen-bond acceptors (Lipinski definition) is 4. The molecule has 3 N–H and O–H groups in total. The Kier molecular flexibility index (Phi) is 4.76. The van der Waals surface area contributed by atoms with Crippen LogP contribution in [0.25, 0.3) is 0 Å². The number of aliphatic hydroxyl groups excluding tert-OH is 1. The van der Waals surface area contributed by atoms with Gasteiger partial charge in [0.2, 0.25) is 0 Å². The monoisotopic (exact) mass is 226 g/mol. The molecule has 1 rings (SSSR count). The average molecular weight is 226 g/mol. The Morgan fingerprint density at radius 2 is 2.12 bits per heavy atom. The number of hydrogen-bond donors (Lipinski definition) is 2. The van der Waals surface area contributed by atoms with Gasteiger partial charge in [-0.1, -0.05) is 6.92 Å². The van der Waals surface area contributed by atoms with Crippen molar-refractivity contribution < 1.29 is 5.11 Å². The minimum atomic E-state index is 0.180. The molecule has 0 aliphatic rings. The third-order valence-corrected chi connectivity index (χ3v) is 2.73. The van der Waals surface area contributed by atoms with E-state index < -0.39 is 0 Å². The van der Waals surface area contributed by atoms with Gasteiger partial charge in [-0.05, 0) is 19.9 Å². The van der Waals surface area contributed by atoms with Gasteiger partial charge in [-0.25, -0.2) is 0 Å². The summed E-state index contributed by atoms with van der Waals surface area (Å²) in [6.07, 6.45) is 1.07. The summed E-state index contributed by atoms with van der Waals surface area (Å²) >= 11 is 0. The van der Waals surface area contributed by atoms with Crippen LogP contribution in [-0.2, 0) is 13.6 Å². The molecule has 0 saturated heterocycles. The van der Waals surface area contributed by atoms with Crippen LogP contribution in [0.5, 0.6) is 0 Å². The van der Waals surface area contributed by atoms with E-state index in [2.05, 4.69) is 16.9 Å². The highest BCUT2D eigenvalue weighted by Gasteiger charge is 2.13. The number of nitrogen functional groups attached to an aromatic ring is 1. The maximum atomic E-state index is 8.99. The zero-order valence-corrected chi connectivity index (χ0v) is 10.4. The van der Waals surface area contributed by atoms with Gasteiger partial charge in [-0.2, -0.15) is 5.10 Å². The summed E-state index contributed by atoms with van der Waals surface area (Å²) in [5.41, 5.74) is 8.00. The van der Waals surface area contributed by atoms with E-state index in [1.807, 2.05) is 14.0 Å². The van der Waals surface area contributed by atoms with Crippen LogP contribution in [0, 0.1) is 6.92 Å². The molecule has 0 fully saturated rings. The summed E-state index contributed by atoms with van der Waals surface area (Å²) in [6.45, 7) is 6.69. The van der Waals surface area contributed by atoms with Crippen LogP contribution in [0.1, 0.15) is 24.6 Å². The molecule has 1 aromatic heterocycles. The molecule has 0 aliphatic heterocycles. The molecule has 0 unspecified atom stereocenters. The van der Waals surface area contributed by atoms with Crippen LogP contribution in [0.2, 0.25) is 0 Å². The van der Waals surface area contributed by atoms with Gasteiger partial charge in [0.05, 0.1) is 12.3 Å². The molecule has 0 radical (unpaired) electrons. The van der Waals surface area contributed by atoms with Gasteiger partial charge in [0.15, 0.2) is 0 Å². The lowest BCUT2D eigenvalue weighted by Gasteiger charge is -2.20. The SMILES string of the molecule is CCCN(CCO)Cc1c(C)nn(C)c1N. The topological polar surface area (TPSA) is 67.3 Å². The van der Waals surface area contributed by atoms with Crippen molar-refractivity contribution in [2.45, 2.75) is 26.8 Å². The number of nitrogens with zero attached hydrogens (tertiary/aromatic N) is 3. The molecule has 1 aromatic rings. The molecular formula is C11H22N4O. The third-order valence-electron chi connectivity index (χ3n) is 2.73. The van der Waals surface area contributed by atoms with Crippen molar-refractivity contribution in [2.24, 2.45) is 7.05 Å². The summed E-state index contributed by atoms with van der Waals surface area (Å²) in [5, 5.41) is 13.3. The van der Waals surface area contributed by atoms with Crippen LogP contribution in [0.4, 0.5) is 5.82 Å². The first-order valence-electron chi connectivity index (χ1n) is 5.71. The first kappa shape index (κ1) is 13.0. The fourth-order valence-electron chi connectivity index (χ4n) is 1.87. The van der Waals surface area contributed by atoms with Gasteiger partial charge in [0.1, 0.15) is 5.82 Å². The normalized spacial score (nSPS) is 11.3. The number of aryl methyl sites for hydroxylation is 2. The van der Waals surface area contributed by atoms with Gasteiger partial charge in [0, 0.05) is 25.7 Å². The van der Waals surface area contributed by atoms with Gasteiger partial charge < -0.3 is 10.8 Å². The second kappa shape index (κ2) is 5.86. The van der Waals surface area contributed by atoms with Crippen molar-refractivity contribution in [1.82, 2.24) is 14.7 Å². The van der Waals surface area contributed by atoms with E-state index >= 15 is 0 Å². The maximum absolute atomic E-state index is 8.99. The number of anilines is 1. The molecule has 0 aliphatic carbocycles. The van der Waals surface area contributed by atoms with E-state index in [-0.39, 0.29) is 6.61 Å². The van der Waals surface area contributed by atoms with E-state index in [0.717, 1.165) is 36.6 Å². The van der Waals surface area contributed by atoms with E-state index in [0.29, 0.717) is 6.54 Å². The first-order valence-corrected chi connectivity index (χ1v) is 5.71. The molecule has 0 amide bonds. The molecular weight excluding hydrogens is 204 g/mol. The Morgan fingerprint density at radius 1 is 1.44 bits per heavy atom. The Morgan fingerprint density at radius 3 is 2.56 bits per heavy atom. The summed E-state index contributed by atoms with van der Waals surface area (Å²) < 4.78 is 1.70. The van der Waals surface area contributed by atoms with Crippen molar-refractivity contribution in [1.29, 1.82) is 0 Å². The van der Waals surface area contributed by atoms with Crippen molar-refractivity contribution in [3.63, 3.8) is 0 Å². The summed E-state index contributed by atoms with van der Waals surface area (Å²) in [5.74, 6) is 0.719. The second-order valence-electron chi connectivity index (χ2n) is 4.07. The van der Waals surface area contributed by atoms with Crippen molar-refractivity contribution >= 4 is 5.82 Å². The standard InChI is InChI=1S/C11H22N4O/c1-4-5-15(6-7-16)8-10-9(2)13-14(3)11(10)12/h16H,4-8,12H2,1-3H3. The molecule has 5 nitrogen and oxygen atoms in total. The van der Waals surface area contributed by atoms with Gasteiger partial charge in [0.25, 0.3) is 0 Å². The van der Waals surface area contributed by atoms with Crippen LogP contribution in [0.15, 0.2) is 0 Å². The zero-order valence-electron chi connectivity index (χ0n) is 10.4. The highest BCUT2D eigenvalue weighted by molar-refractivity contribution is 5.42. The summed E-state index contributed by atoms with van der Waals surface area (Å²) in [4.78, 5) is 2.19. The van der Waals surface area contributed by atoms with E-state index in [1.54, 1.807) is 4.68 Å². The van der Waals surface area contributed by atoms with Gasteiger partial charge in [-0.3, -0.25) is 9.58 Å². The fraction of sp³-hybridized carbons (Fsp3) is 0.727. The predicted molar refractivity (Wildman–Crippen MR) is 65.0 cm³/mol. The van der Waals surface area contributed by atoms with Crippen LogP contribution in [-0.4, -0.2) is 39.5 Å². The number of aromatic nitrogens is 2. The van der Waals surface area contributed by atoms with Crippen molar-refractivity contribution in [3.05, 3.63) is 11.3 Å². The quantitative estimate of drug-likeness (QED) is 0.742. The molecule has 0 saturated carbocycles. The van der Waals surface area contributed by atoms with Crippen LogP contribution < -0.4 is 5.73 Å². The lowest BCUT2D eigenvalue weighted by atomic mass is 10.2. The Bertz CT molecular complexity index is 329. The van der Waals surface area contributed by atoms with Crippen molar-refractivity contribution in [2.75, 3.05) is 25.4 Å². The molecule has 16 heavy (non-hydrogen) atoms. The summed E-state index contributed by atoms with van der Waals surface area (Å²) in [7, 11) is 1.85. The zero-order chi connectivity index (χ0) is 12.1. The molecule has 0 spiro atoms. The molecule has 92 valence electrons. The second-order valence-corrected chi connectivity index (χ2v) is 4.07. The van der Waals surface area contributed by atoms with E-state index in [1.165, 1.54) is 0 Å². The highest BCUT2D eigenvalue weighted by Crippen LogP contribution is 2.17. The maximum Gasteiger partial charge on any atom is 0.126 e. The number of aliphatic hydroxyl groups is 1. The minimum absolute atomic E-state index is 0.180. The largest absolute Gasteiger partial charge is 0.395 e. The average Bonchev–Trinajstić information content (AvgIpc) is 2.46. The smallest absolute Gasteiger partial charge is 0.126 e. The van der Waals surface area contributed by atoms with Gasteiger partial charge in [-0.15, -0.1) is 0 Å². The van der Waals surface area contributed by atoms with E-state index in [9.17, 15) is 0 Å². The van der Waals surface area contributed by atoms with Crippen molar-refractivity contribution in [3.8, 4) is 0 Å². The Labute approximate surface area is 96.9 Å². The number of nitrogens with two attached hydrogens (primary N) is 1.